The predicted molar refractivity (Wildman–Crippen MR) is 97.2 cm³/mol. The first kappa shape index (κ1) is 18.0. The van der Waals surface area contributed by atoms with Gasteiger partial charge in [0.05, 0.1) is 18.9 Å². The fourth-order valence-electron chi connectivity index (χ4n) is 3.13. The van der Waals surface area contributed by atoms with E-state index in [1.54, 1.807) is 55.5 Å². The maximum Gasteiger partial charge on any atom is 0.254 e. The van der Waals surface area contributed by atoms with Crippen LogP contribution in [0.1, 0.15) is 33.6 Å². The van der Waals surface area contributed by atoms with Crippen molar-refractivity contribution in [3.63, 3.8) is 0 Å². The lowest BCUT2D eigenvalue weighted by Gasteiger charge is -2.32. The number of nitrogens with zero attached hydrogens (tertiary/aromatic N) is 3. The molecule has 2 aromatic rings. The lowest BCUT2D eigenvalue weighted by molar-refractivity contribution is 0.0684. The molecule has 138 valence electrons. The minimum atomic E-state index is -0.102. The quantitative estimate of drug-likeness (QED) is 0.885. The Hall–Kier alpha value is -2.83. The highest BCUT2D eigenvalue weighted by molar-refractivity contribution is 5.94. The van der Waals surface area contributed by atoms with E-state index in [1.807, 2.05) is 4.90 Å². The van der Waals surface area contributed by atoms with Gasteiger partial charge in [0, 0.05) is 38.4 Å². The second kappa shape index (κ2) is 8.03. The molecule has 2 heterocycles. The van der Waals surface area contributed by atoms with E-state index < -0.39 is 0 Å². The third kappa shape index (κ3) is 4.22. The molecule has 26 heavy (non-hydrogen) atoms. The average Bonchev–Trinajstić information content (AvgIpc) is 3.12. The summed E-state index contributed by atoms with van der Waals surface area (Å²) in [5.41, 5.74) is 1.24. The molecule has 0 spiro atoms. The Morgan fingerprint density at radius 1 is 1.19 bits per heavy atom. The number of carbonyl (C=O) groups is 2. The summed E-state index contributed by atoms with van der Waals surface area (Å²) < 4.78 is 6.73. The molecule has 0 aliphatic carbocycles. The summed E-state index contributed by atoms with van der Waals surface area (Å²) in [6.07, 6.45) is 5.03. The fraction of sp³-hybridized carbons (Fsp3) is 0.421. The number of likely N-dealkylation sites (tertiary alicyclic amines) is 1. The topological polar surface area (TPSA) is 76.5 Å². The van der Waals surface area contributed by atoms with Gasteiger partial charge in [-0.05, 0) is 43.0 Å². The molecule has 0 saturated carbocycles. The van der Waals surface area contributed by atoms with Crippen molar-refractivity contribution >= 4 is 11.8 Å². The van der Waals surface area contributed by atoms with Crippen LogP contribution >= 0.6 is 0 Å². The van der Waals surface area contributed by atoms with Gasteiger partial charge in [-0.1, -0.05) is 0 Å². The molecule has 1 aliphatic heterocycles. The molecular formula is C19H24N4O3. The first-order valence-corrected chi connectivity index (χ1v) is 8.77. The van der Waals surface area contributed by atoms with Crippen LogP contribution in [0.5, 0.6) is 5.75 Å². The summed E-state index contributed by atoms with van der Waals surface area (Å²) in [6, 6.07) is 7.19. The number of carbonyl (C=O) groups excluding carboxylic acids is 2. The molecule has 1 aromatic carbocycles. The third-order valence-corrected chi connectivity index (χ3v) is 4.76. The molecule has 1 fully saturated rings. The molecule has 0 bridgehead atoms. The van der Waals surface area contributed by atoms with E-state index in [0.717, 1.165) is 18.6 Å². The van der Waals surface area contributed by atoms with Gasteiger partial charge in [-0.25, -0.2) is 0 Å². The van der Waals surface area contributed by atoms with Gasteiger partial charge in [-0.2, -0.15) is 5.10 Å². The van der Waals surface area contributed by atoms with Gasteiger partial charge in [-0.15, -0.1) is 0 Å². The molecule has 0 unspecified atom stereocenters. The van der Waals surface area contributed by atoms with Crippen LogP contribution < -0.4 is 10.1 Å². The summed E-state index contributed by atoms with van der Waals surface area (Å²) in [5.74, 6) is 1.07. The Morgan fingerprint density at radius 3 is 2.46 bits per heavy atom. The molecule has 2 amide bonds. The highest BCUT2D eigenvalue weighted by Crippen LogP contribution is 2.20. The van der Waals surface area contributed by atoms with Gasteiger partial charge in [0.2, 0.25) is 0 Å². The normalized spacial score (nSPS) is 14.9. The van der Waals surface area contributed by atoms with Crippen molar-refractivity contribution in [1.29, 1.82) is 0 Å². The summed E-state index contributed by atoms with van der Waals surface area (Å²) in [6.45, 7) is 2.04. The fourth-order valence-corrected chi connectivity index (χ4v) is 3.13. The molecule has 1 N–H and O–H groups in total. The number of rotatable bonds is 5. The Morgan fingerprint density at radius 2 is 1.88 bits per heavy atom. The highest BCUT2D eigenvalue weighted by atomic mass is 16.5. The lowest BCUT2D eigenvalue weighted by Crippen LogP contribution is -2.41. The maximum atomic E-state index is 12.6. The molecule has 1 saturated heterocycles. The monoisotopic (exact) mass is 356 g/mol. The highest BCUT2D eigenvalue weighted by Gasteiger charge is 2.24. The first-order valence-electron chi connectivity index (χ1n) is 8.77. The van der Waals surface area contributed by atoms with Crippen molar-refractivity contribution in [3.05, 3.63) is 47.8 Å². The van der Waals surface area contributed by atoms with Gasteiger partial charge >= 0.3 is 0 Å². The van der Waals surface area contributed by atoms with Crippen molar-refractivity contribution in [2.24, 2.45) is 13.0 Å². The smallest absolute Gasteiger partial charge is 0.254 e. The Balaban J connectivity index is 1.46. The van der Waals surface area contributed by atoms with Gasteiger partial charge in [0.25, 0.3) is 11.8 Å². The van der Waals surface area contributed by atoms with Crippen molar-refractivity contribution in [3.8, 4) is 5.75 Å². The van der Waals surface area contributed by atoms with Crippen LogP contribution in [-0.4, -0.2) is 53.2 Å². The number of hydrogen-bond donors (Lipinski definition) is 1. The van der Waals surface area contributed by atoms with Gasteiger partial charge < -0.3 is 15.0 Å². The lowest BCUT2D eigenvalue weighted by atomic mass is 9.96. The minimum Gasteiger partial charge on any atom is -0.497 e. The van der Waals surface area contributed by atoms with Crippen LogP contribution in [-0.2, 0) is 7.05 Å². The Labute approximate surface area is 152 Å². The standard InChI is InChI=1S/C19H24N4O3/c1-22-13-16(12-21-22)18(24)20-11-14-7-9-23(10-8-14)19(25)15-3-5-17(26-2)6-4-15/h3-6,12-14H,7-11H2,1-2H3,(H,20,24). The van der Waals surface area contributed by atoms with Crippen LogP contribution in [0.2, 0.25) is 0 Å². The number of aryl methyl sites for hydroxylation is 1. The van der Waals surface area contributed by atoms with E-state index in [9.17, 15) is 9.59 Å². The predicted octanol–water partition coefficient (Wildman–Crippen LogP) is 1.71. The Bertz CT molecular complexity index is 761. The number of piperidine rings is 1. The van der Waals surface area contributed by atoms with Crippen LogP contribution in [0.25, 0.3) is 0 Å². The molecule has 3 rings (SSSR count). The van der Waals surface area contributed by atoms with Crippen LogP contribution in [0, 0.1) is 5.92 Å². The van der Waals surface area contributed by atoms with Crippen molar-refractivity contribution in [1.82, 2.24) is 20.0 Å². The molecule has 7 heteroatoms. The zero-order valence-electron chi connectivity index (χ0n) is 15.1. The summed E-state index contributed by atoms with van der Waals surface area (Å²) in [4.78, 5) is 26.5. The number of methoxy groups -OCH3 is 1. The first-order chi connectivity index (χ1) is 12.6. The van der Waals surface area contributed by atoms with E-state index in [4.69, 9.17) is 4.74 Å². The SMILES string of the molecule is COc1ccc(C(=O)N2CCC(CNC(=O)c3cnn(C)c3)CC2)cc1. The largest absolute Gasteiger partial charge is 0.497 e. The van der Waals surface area contributed by atoms with E-state index in [1.165, 1.54) is 0 Å². The van der Waals surface area contributed by atoms with E-state index >= 15 is 0 Å². The molecular weight excluding hydrogens is 332 g/mol. The molecule has 0 radical (unpaired) electrons. The van der Waals surface area contributed by atoms with E-state index in [-0.39, 0.29) is 11.8 Å². The van der Waals surface area contributed by atoms with Gasteiger partial charge in [-0.3, -0.25) is 14.3 Å². The van der Waals surface area contributed by atoms with Gasteiger partial charge in [0.15, 0.2) is 0 Å². The maximum absolute atomic E-state index is 12.6. The number of ether oxygens (including phenoxy) is 1. The molecule has 1 aliphatic rings. The summed E-state index contributed by atoms with van der Waals surface area (Å²) in [7, 11) is 3.39. The van der Waals surface area contributed by atoms with E-state index in [2.05, 4.69) is 10.4 Å². The van der Waals surface area contributed by atoms with Crippen LogP contribution in [0.4, 0.5) is 0 Å². The van der Waals surface area contributed by atoms with Crippen molar-refractivity contribution in [2.75, 3.05) is 26.7 Å². The number of hydrogen-bond acceptors (Lipinski definition) is 4. The second-order valence-electron chi connectivity index (χ2n) is 6.58. The Kier molecular flexibility index (Phi) is 5.55. The number of amides is 2. The molecule has 7 nitrogen and oxygen atoms in total. The van der Waals surface area contributed by atoms with Crippen LogP contribution in [0.15, 0.2) is 36.7 Å². The van der Waals surface area contributed by atoms with Crippen molar-refractivity contribution < 1.29 is 14.3 Å². The van der Waals surface area contributed by atoms with E-state index in [0.29, 0.717) is 36.7 Å². The molecule has 1 aromatic heterocycles. The minimum absolute atomic E-state index is 0.0468. The van der Waals surface area contributed by atoms with Crippen LogP contribution in [0.3, 0.4) is 0 Å². The van der Waals surface area contributed by atoms with Gasteiger partial charge in [0.1, 0.15) is 5.75 Å². The third-order valence-electron chi connectivity index (χ3n) is 4.76. The number of aromatic nitrogens is 2. The molecule has 0 atom stereocenters. The summed E-state index contributed by atoms with van der Waals surface area (Å²) in [5, 5.41) is 6.97. The number of nitrogens with one attached hydrogen (secondary N) is 1. The summed E-state index contributed by atoms with van der Waals surface area (Å²) >= 11 is 0. The van der Waals surface area contributed by atoms with Crippen molar-refractivity contribution in [2.45, 2.75) is 12.8 Å². The zero-order valence-corrected chi connectivity index (χ0v) is 15.1. The average molecular weight is 356 g/mol. The second-order valence-corrected chi connectivity index (χ2v) is 6.58. The zero-order chi connectivity index (χ0) is 18.5. The number of benzene rings is 1.